The van der Waals surface area contributed by atoms with E-state index in [0.29, 0.717) is 18.8 Å². The molecule has 0 rings (SSSR count). The number of aliphatic hydroxyl groups is 1. The van der Waals surface area contributed by atoms with Gasteiger partial charge < -0.3 is 9.84 Å². The van der Waals surface area contributed by atoms with Gasteiger partial charge >= 0.3 is 0 Å². The Kier molecular flexibility index (Phi) is 9.10. The van der Waals surface area contributed by atoms with Gasteiger partial charge in [0.05, 0.1) is 12.8 Å². The minimum atomic E-state index is -0.646. The van der Waals surface area contributed by atoms with Crippen LogP contribution in [0, 0.1) is 0 Å². The second-order valence-corrected chi connectivity index (χ2v) is 6.68. The van der Waals surface area contributed by atoms with Crippen LogP contribution in [-0.4, -0.2) is 37.2 Å². The molecule has 110 valence electrons. The molecule has 0 saturated heterocycles. The zero-order chi connectivity index (χ0) is 14.9. The third-order valence-electron chi connectivity index (χ3n) is 3.41. The van der Waals surface area contributed by atoms with E-state index in [2.05, 4.69) is 42.0 Å². The fraction of sp³-hybridized carbons (Fsp3) is 1.00. The summed E-state index contributed by atoms with van der Waals surface area (Å²) in [5.41, 5.74) is -0.891. The number of ether oxygens (including phenoxy) is 1. The van der Waals surface area contributed by atoms with Crippen molar-refractivity contribution in [2.75, 3.05) is 6.61 Å². The molecule has 0 aliphatic heterocycles. The first kappa shape index (κ1) is 19.0. The second kappa shape index (κ2) is 9.07. The lowest BCUT2D eigenvalue weighted by Crippen LogP contribution is -2.38. The molecule has 1 unspecified atom stereocenters. The maximum absolute atomic E-state index is 9.67. The first-order chi connectivity index (χ1) is 8.70. The van der Waals surface area contributed by atoms with Crippen molar-refractivity contribution in [1.82, 2.24) is 0 Å². The SMILES string of the molecule is CCCCC([B][B]C(C)(C)OCCC(C)(C)O)CC. The lowest BCUT2D eigenvalue weighted by Gasteiger charge is -2.28. The molecule has 0 fully saturated rings. The molecule has 0 amide bonds. The van der Waals surface area contributed by atoms with E-state index in [1.54, 1.807) is 0 Å². The summed E-state index contributed by atoms with van der Waals surface area (Å²) in [5.74, 6) is 0.664. The molecule has 0 heterocycles. The van der Waals surface area contributed by atoms with Crippen molar-refractivity contribution in [1.29, 1.82) is 0 Å². The highest BCUT2D eigenvalue weighted by Crippen LogP contribution is 2.19. The highest BCUT2D eigenvalue weighted by Gasteiger charge is 2.23. The summed E-state index contributed by atoms with van der Waals surface area (Å²) in [6.45, 7) is 12.9. The Hall–Kier alpha value is 0.0499. The molecule has 0 aromatic carbocycles. The molecule has 0 aromatic heterocycles. The summed E-state index contributed by atoms with van der Waals surface area (Å²) >= 11 is 0. The molecule has 0 saturated carbocycles. The lowest BCUT2D eigenvalue weighted by atomic mass is 9.28. The molecular formula is C15H32B2O2. The van der Waals surface area contributed by atoms with Crippen LogP contribution in [0.25, 0.3) is 0 Å². The van der Waals surface area contributed by atoms with Crippen LogP contribution < -0.4 is 0 Å². The van der Waals surface area contributed by atoms with Gasteiger partial charge in [-0.25, -0.2) is 0 Å². The van der Waals surface area contributed by atoms with Gasteiger partial charge in [-0.05, 0) is 34.1 Å². The van der Waals surface area contributed by atoms with E-state index in [1.165, 1.54) is 25.7 Å². The zero-order valence-corrected chi connectivity index (χ0v) is 13.8. The van der Waals surface area contributed by atoms with E-state index in [1.807, 2.05) is 13.8 Å². The fourth-order valence-corrected chi connectivity index (χ4v) is 1.88. The van der Waals surface area contributed by atoms with Crippen molar-refractivity contribution in [3.8, 4) is 0 Å². The number of unbranched alkanes of at least 4 members (excludes halogenated alkanes) is 1. The van der Waals surface area contributed by atoms with Crippen LogP contribution in [0.2, 0.25) is 5.82 Å². The fourth-order valence-electron chi connectivity index (χ4n) is 1.88. The summed E-state index contributed by atoms with van der Waals surface area (Å²) in [5, 5.41) is 9.67. The van der Waals surface area contributed by atoms with Gasteiger partial charge in [0, 0.05) is 12.1 Å². The first-order valence-corrected chi connectivity index (χ1v) is 7.76. The third kappa shape index (κ3) is 11.6. The summed E-state index contributed by atoms with van der Waals surface area (Å²) < 4.78 is 5.86. The first-order valence-electron chi connectivity index (χ1n) is 7.76. The summed E-state index contributed by atoms with van der Waals surface area (Å²) in [7, 11) is 4.49. The molecule has 1 N–H and O–H groups in total. The Bertz CT molecular complexity index is 225. The van der Waals surface area contributed by atoms with Crippen LogP contribution >= 0.6 is 0 Å². The van der Waals surface area contributed by atoms with Gasteiger partial charge in [0.2, 0.25) is 0 Å². The van der Waals surface area contributed by atoms with Crippen molar-refractivity contribution in [3.63, 3.8) is 0 Å². The van der Waals surface area contributed by atoms with Crippen molar-refractivity contribution in [2.45, 2.75) is 90.6 Å². The molecule has 0 aliphatic carbocycles. The minimum absolute atomic E-state index is 0.245. The summed E-state index contributed by atoms with van der Waals surface area (Å²) in [6.07, 6.45) is 5.68. The molecule has 0 spiro atoms. The lowest BCUT2D eigenvalue weighted by molar-refractivity contribution is -0.00669. The van der Waals surface area contributed by atoms with Crippen molar-refractivity contribution >= 4 is 14.3 Å². The van der Waals surface area contributed by atoms with Crippen LogP contribution in [-0.2, 0) is 4.74 Å². The van der Waals surface area contributed by atoms with Crippen LogP contribution in [0.4, 0.5) is 0 Å². The Labute approximate surface area is 122 Å². The van der Waals surface area contributed by atoms with Gasteiger partial charge in [-0.1, -0.05) is 45.3 Å². The average Bonchev–Trinajstić information content (AvgIpc) is 2.27. The third-order valence-corrected chi connectivity index (χ3v) is 3.41. The Morgan fingerprint density at radius 2 is 1.79 bits per heavy atom. The quantitative estimate of drug-likeness (QED) is 0.579. The highest BCUT2D eigenvalue weighted by molar-refractivity contribution is 7.02. The Morgan fingerprint density at radius 1 is 1.16 bits per heavy atom. The second-order valence-electron chi connectivity index (χ2n) is 6.68. The monoisotopic (exact) mass is 266 g/mol. The molecule has 1 atom stereocenters. The van der Waals surface area contributed by atoms with E-state index in [9.17, 15) is 5.11 Å². The van der Waals surface area contributed by atoms with E-state index in [0.717, 1.165) is 0 Å². The van der Waals surface area contributed by atoms with Crippen LogP contribution in [0.15, 0.2) is 0 Å². The van der Waals surface area contributed by atoms with E-state index in [-0.39, 0.29) is 5.50 Å². The molecule has 4 heteroatoms. The van der Waals surface area contributed by atoms with Gasteiger partial charge in [0.25, 0.3) is 0 Å². The highest BCUT2D eigenvalue weighted by atomic mass is 16.5. The maximum Gasteiger partial charge on any atom is 0.109 e. The molecule has 0 aromatic rings. The largest absolute Gasteiger partial charge is 0.390 e. The van der Waals surface area contributed by atoms with Crippen molar-refractivity contribution in [2.24, 2.45) is 0 Å². The normalized spacial score (nSPS) is 14.3. The molecule has 19 heavy (non-hydrogen) atoms. The predicted octanol–water partition coefficient (Wildman–Crippen LogP) is 3.61. The molecular weight excluding hydrogens is 234 g/mol. The average molecular weight is 266 g/mol. The van der Waals surface area contributed by atoms with Crippen LogP contribution in [0.3, 0.4) is 0 Å². The Morgan fingerprint density at radius 3 is 2.26 bits per heavy atom. The number of hydrogen-bond donors (Lipinski definition) is 1. The van der Waals surface area contributed by atoms with Gasteiger partial charge in [-0.15, -0.1) is 0 Å². The molecule has 2 nitrogen and oxygen atoms in total. The van der Waals surface area contributed by atoms with Crippen molar-refractivity contribution in [3.05, 3.63) is 0 Å². The molecule has 0 aliphatic rings. The maximum atomic E-state index is 9.67. The number of hydrogen-bond acceptors (Lipinski definition) is 2. The molecule has 0 bridgehead atoms. The van der Waals surface area contributed by atoms with E-state index < -0.39 is 5.60 Å². The van der Waals surface area contributed by atoms with Crippen LogP contribution in [0.1, 0.15) is 73.6 Å². The Balaban J connectivity index is 3.93. The van der Waals surface area contributed by atoms with Gasteiger partial charge in [-0.2, -0.15) is 0 Å². The van der Waals surface area contributed by atoms with Gasteiger partial charge in [-0.3, -0.25) is 0 Å². The predicted molar refractivity (Wildman–Crippen MR) is 86.0 cm³/mol. The topological polar surface area (TPSA) is 29.5 Å². The summed E-state index contributed by atoms with van der Waals surface area (Å²) in [6, 6.07) is 0. The summed E-state index contributed by atoms with van der Waals surface area (Å²) in [4.78, 5) is 0. The van der Waals surface area contributed by atoms with E-state index >= 15 is 0 Å². The smallest absolute Gasteiger partial charge is 0.109 e. The van der Waals surface area contributed by atoms with Crippen LogP contribution in [0.5, 0.6) is 0 Å². The van der Waals surface area contributed by atoms with Gasteiger partial charge in [0.15, 0.2) is 0 Å². The molecule has 2 radical (unpaired) electrons. The number of rotatable bonds is 11. The minimum Gasteiger partial charge on any atom is -0.390 e. The van der Waals surface area contributed by atoms with Gasteiger partial charge in [0.1, 0.15) is 7.17 Å². The van der Waals surface area contributed by atoms with E-state index in [4.69, 9.17) is 4.74 Å². The standard InChI is InChI=1S/C15H32B2O2/c1-7-9-10-13(8-2)16-17-15(5,6)19-12-11-14(3,4)18/h13,18H,7-12H2,1-6H3. The van der Waals surface area contributed by atoms with Crippen molar-refractivity contribution < 1.29 is 9.84 Å². The zero-order valence-electron chi connectivity index (χ0n) is 13.8.